The van der Waals surface area contributed by atoms with E-state index in [2.05, 4.69) is 5.32 Å². The topological polar surface area (TPSA) is 67.8 Å². The van der Waals surface area contributed by atoms with Crippen LogP contribution in [0.5, 0.6) is 11.5 Å². The summed E-state index contributed by atoms with van der Waals surface area (Å²) >= 11 is 0. The second kappa shape index (κ2) is 10.6. The highest BCUT2D eigenvalue weighted by Crippen LogP contribution is 2.28. The molecule has 136 valence electrons. The number of rotatable bonds is 9. The van der Waals surface area contributed by atoms with Gasteiger partial charge in [-0.3, -0.25) is 0 Å². The third-order valence-electron chi connectivity index (χ3n) is 3.47. The van der Waals surface area contributed by atoms with Crippen LogP contribution in [0, 0.1) is 0 Å². The number of halogens is 1. The molecule has 0 radical (unpaired) electrons. The van der Waals surface area contributed by atoms with Gasteiger partial charge in [0.25, 0.3) is 0 Å². The Labute approximate surface area is 154 Å². The van der Waals surface area contributed by atoms with Gasteiger partial charge in [-0.25, -0.2) is 4.79 Å². The first-order chi connectivity index (χ1) is 11.6. The van der Waals surface area contributed by atoms with Gasteiger partial charge in [0.05, 0.1) is 18.8 Å². The predicted octanol–water partition coefficient (Wildman–Crippen LogP) is 3.89. The first-order valence-electron chi connectivity index (χ1n) is 8.05. The van der Waals surface area contributed by atoms with Crippen LogP contribution >= 0.6 is 12.4 Å². The molecule has 0 atom stereocenters. The summed E-state index contributed by atoms with van der Waals surface area (Å²) in [7, 11) is 0. The largest absolute Gasteiger partial charge is 0.490 e. The minimum absolute atomic E-state index is 0. The number of nitrogens with one attached hydrogen (secondary N) is 1. The summed E-state index contributed by atoms with van der Waals surface area (Å²) in [6, 6.07) is 12.8. The van der Waals surface area contributed by atoms with Gasteiger partial charge in [-0.15, -0.1) is 12.4 Å². The molecule has 25 heavy (non-hydrogen) atoms. The van der Waals surface area contributed by atoms with Crippen LogP contribution in [0.15, 0.2) is 42.5 Å². The van der Waals surface area contributed by atoms with Gasteiger partial charge < -0.3 is 19.9 Å². The van der Waals surface area contributed by atoms with Gasteiger partial charge in [-0.05, 0) is 49.2 Å². The number of hydrogen-bond acceptors (Lipinski definition) is 4. The molecule has 0 heterocycles. The van der Waals surface area contributed by atoms with Crippen LogP contribution in [0.1, 0.15) is 35.3 Å². The van der Waals surface area contributed by atoms with E-state index in [0.29, 0.717) is 31.9 Å². The standard InChI is InChI=1S/C19H23NO4.ClH/c1-3-23-17-10-7-15(11-18(17)24-4-2)13-20-12-14-5-8-16(9-6-14)19(21)22;/h5-11,20H,3-4,12-13H2,1-2H3,(H,21,22);1H. The lowest BCUT2D eigenvalue weighted by Gasteiger charge is -2.13. The fraction of sp³-hybridized carbons (Fsp3) is 0.316. The molecule has 2 aromatic carbocycles. The molecule has 2 N–H and O–H groups in total. The van der Waals surface area contributed by atoms with Crippen molar-refractivity contribution in [1.29, 1.82) is 0 Å². The molecule has 0 fully saturated rings. The molecule has 0 unspecified atom stereocenters. The molecule has 5 nitrogen and oxygen atoms in total. The highest BCUT2D eigenvalue weighted by atomic mass is 35.5. The fourth-order valence-corrected chi connectivity index (χ4v) is 2.32. The lowest BCUT2D eigenvalue weighted by Crippen LogP contribution is -2.13. The second-order valence-electron chi connectivity index (χ2n) is 5.25. The first-order valence-corrected chi connectivity index (χ1v) is 8.05. The lowest BCUT2D eigenvalue weighted by atomic mass is 10.1. The van der Waals surface area contributed by atoms with E-state index in [0.717, 1.165) is 22.6 Å². The van der Waals surface area contributed by atoms with Crippen LogP contribution in [0.2, 0.25) is 0 Å². The number of benzene rings is 2. The molecule has 2 aromatic rings. The molecule has 0 amide bonds. The Balaban J connectivity index is 0.00000312. The van der Waals surface area contributed by atoms with Crippen LogP contribution < -0.4 is 14.8 Å². The zero-order chi connectivity index (χ0) is 17.4. The van der Waals surface area contributed by atoms with Crippen molar-refractivity contribution in [3.8, 4) is 11.5 Å². The van der Waals surface area contributed by atoms with Crippen LogP contribution in [0.4, 0.5) is 0 Å². The normalized spacial score (nSPS) is 10.0. The third kappa shape index (κ3) is 6.29. The molecular formula is C19H24ClNO4. The van der Waals surface area contributed by atoms with Crippen molar-refractivity contribution < 1.29 is 19.4 Å². The molecule has 6 heteroatoms. The Hall–Kier alpha value is -2.24. The SMILES string of the molecule is CCOc1ccc(CNCc2ccc(C(=O)O)cc2)cc1OCC.Cl. The minimum Gasteiger partial charge on any atom is -0.490 e. The summed E-state index contributed by atoms with van der Waals surface area (Å²) in [5.74, 6) is 0.601. The zero-order valence-corrected chi connectivity index (χ0v) is 15.3. The van der Waals surface area contributed by atoms with E-state index in [9.17, 15) is 4.79 Å². The highest BCUT2D eigenvalue weighted by molar-refractivity contribution is 5.87. The van der Waals surface area contributed by atoms with Crippen LogP contribution in [-0.2, 0) is 13.1 Å². The van der Waals surface area contributed by atoms with E-state index in [1.54, 1.807) is 12.1 Å². The summed E-state index contributed by atoms with van der Waals surface area (Å²) in [6.07, 6.45) is 0. The van der Waals surface area contributed by atoms with Gasteiger partial charge in [0.2, 0.25) is 0 Å². The van der Waals surface area contributed by atoms with Gasteiger partial charge in [0.15, 0.2) is 11.5 Å². The van der Waals surface area contributed by atoms with Gasteiger partial charge in [0.1, 0.15) is 0 Å². The summed E-state index contributed by atoms with van der Waals surface area (Å²) in [4.78, 5) is 10.8. The van der Waals surface area contributed by atoms with Crippen molar-refractivity contribution in [3.05, 3.63) is 59.2 Å². The summed E-state index contributed by atoms with van der Waals surface area (Å²) in [6.45, 7) is 6.43. The zero-order valence-electron chi connectivity index (χ0n) is 14.5. The molecule has 0 aliphatic carbocycles. The molecule has 0 spiro atoms. The van der Waals surface area contributed by atoms with Crippen LogP contribution in [0.3, 0.4) is 0 Å². The molecule has 0 aliphatic rings. The molecule has 0 aliphatic heterocycles. The monoisotopic (exact) mass is 365 g/mol. The fourth-order valence-electron chi connectivity index (χ4n) is 2.32. The number of ether oxygens (including phenoxy) is 2. The number of carboxylic acids is 1. The van der Waals surface area contributed by atoms with Crippen molar-refractivity contribution in [2.45, 2.75) is 26.9 Å². The summed E-state index contributed by atoms with van der Waals surface area (Å²) < 4.78 is 11.2. The first kappa shape index (κ1) is 20.8. The summed E-state index contributed by atoms with van der Waals surface area (Å²) in [5.41, 5.74) is 2.44. The quantitative estimate of drug-likeness (QED) is 0.705. The lowest BCUT2D eigenvalue weighted by molar-refractivity contribution is 0.0697. The maximum absolute atomic E-state index is 10.8. The highest BCUT2D eigenvalue weighted by Gasteiger charge is 2.06. The van der Waals surface area contributed by atoms with E-state index in [4.69, 9.17) is 14.6 Å². The van der Waals surface area contributed by atoms with Gasteiger partial charge in [-0.2, -0.15) is 0 Å². The Kier molecular flexibility index (Phi) is 8.81. The van der Waals surface area contributed by atoms with Crippen LogP contribution in [-0.4, -0.2) is 24.3 Å². The Morgan fingerprint density at radius 3 is 2.08 bits per heavy atom. The van der Waals surface area contributed by atoms with Crippen molar-refractivity contribution in [3.63, 3.8) is 0 Å². The molecule has 0 aromatic heterocycles. The van der Waals surface area contributed by atoms with Gasteiger partial charge >= 0.3 is 5.97 Å². The van der Waals surface area contributed by atoms with E-state index in [1.807, 2.05) is 44.2 Å². The van der Waals surface area contributed by atoms with E-state index < -0.39 is 5.97 Å². The van der Waals surface area contributed by atoms with E-state index in [-0.39, 0.29) is 12.4 Å². The maximum Gasteiger partial charge on any atom is 0.335 e. The number of carboxylic acid groups (broad SMARTS) is 1. The summed E-state index contributed by atoms with van der Waals surface area (Å²) in [5, 5.41) is 12.2. The molecule has 0 saturated heterocycles. The number of hydrogen-bond donors (Lipinski definition) is 2. The average molecular weight is 366 g/mol. The van der Waals surface area contributed by atoms with Gasteiger partial charge in [0, 0.05) is 13.1 Å². The van der Waals surface area contributed by atoms with E-state index in [1.165, 1.54) is 0 Å². The van der Waals surface area contributed by atoms with Crippen molar-refractivity contribution in [2.24, 2.45) is 0 Å². The average Bonchev–Trinajstić information content (AvgIpc) is 2.58. The Morgan fingerprint density at radius 1 is 0.920 bits per heavy atom. The Morgan fingerprint density at radius 2 is 1.48 bits per heavy atom. The number of aromatic carboxylic acids is 1. The Bertz CT molecular complexity index is 674. The maximum atomic E-state index is 10.8. The number of carbonyl (C=O) groups is 1. The van der Waals surface area contributed by atoms with Crippen LogP contribution in [0.25, 0.3) is 0 Å². The molecule has 0 saturated carbocycles. The third-order valence-corrected chi connectivity index (χ3v) is 3.47. The van der Waals surface area contributed by atoms with Crippen molar-refractivity contribution in [1.82, 2.24) is 5.32 Å². The van der Waals surface area contributed by atoms with Crippen molar-refractivity contribution in [2.75, 3.05) is 13.2 Å². The minimum atomic E-state index is -0.910. The van der Waals surface area contributed by atoms with Gasteiger partial charge in [-0.1, -0.05) is 18.2 Å². The molecular weight excluding hydrogens is 342 g/mol. The second-order valence-corrected chi connectivity index (χ2v) is 5.25. The molecule has 0 bridgehead atoms. The predicted molar refractivity (Wildman–Crippen MR) is 100.0 cm³/mol. The van der Waals surface area contributed by atoms with E-state index >= 15 is 0 Å². The van der Waals surface area contributed by atoms with Crippen molar-refractivity contribution >= 4 is 18.4 Å². The smallest absolute Gasteiger partial charge is 0.335 e. The molecule has 2 rings (SSSR count).